The zero-order valence-electron chi connectivity index (χ0n) is 9.48. The van der Waals surface area contributed by atoms with Gasteiger partial charge in [0, 0.05) is 4.88 Å². The third-order valence-electron chi connectivity index (χ3n) is 2.29. The van der Waals surface area contributed by atoms with Gasteiger partial charge in [-0.3, -0.25) is 0 Å². The lowest BCUT2D eigenvalue weighted by atomic mass is 10.3. The van der Waals surface area contributed by atoms with E-state index in [2.05, 4.69) is 28.3 Å². The van der Waals surface area contributed by atoms with Crippen LogP contribution in [0.15, 0.2) is 23.8 Å². The molecule has 2 aromatic heterocycles. The zero-order valence-corrected chi connectivity index (χ0v) is 11.0. The summed E-state index contributed by atoms with van der Waals surface area (Å²) >= 11 is 7.61. The average Bonchev–Trinajstić information content (AvgIpc) is 2.82. The number of hydrogen-bond acceptors (Lipinski definition) is 5. The lowest BCUT2D eigenvalue weighted by molar-refractivity contribution is 0.412. The first-order chi connectivity index (χ1) is 8.22. The molecule has 6 heteroatoms. The Kier molecular flexibility index (Phi) is 3.81. The summed E-state index contributed by atoms with van der Waals surface area (Å²) in [5.41, 5.74) is 0. The summed E-state index contributed by atoms with van der Waals surface area (Å²) in [6, 6.07) is 4.23. The van der Waals surface area contributed by atoms with Crippen LogP contribution >= 0.6 is 22.9 Å². The number of anilines is 1. The number of halogens is 1. The van der Waals surface area contributed by atoms with E-state index in [1.54, 1.807) is 18.4 Å². The summed E-state index contributed by atoms with van der Waals surface area (Å²) in [5, 5.41) is 5.60. The molecule has 0 aliphatic carbocycles. The van der Waals surface area contributed by atoms with E-state index in [-0.39, 0.29) is 6.04 Å². The molecular formula is C11H12ClN3OS. The summed E-state index contributed by atoms with van der Waals surface area (Å²) in [5.74, 6) is 1.07. The van der Waals surface area contributed by atoms with Crippen LogP contribution in [0.5, 0.6) is 5.75 Å². The monoisotopic (exact) mass is 269 g/mol. The van der Waals surface area contributed by atoms with Gasteiger partial charge in [-0.05, 0) is 18.4 Å². The Balaban J connectivity index is 2.21. The molecule has 1 unspecified atom stereocenters. The summed E-state index contributed by atoms with van der Waals surface area (Å²) in [4.78, 5) is 9.23. The second-order valence-electron chi connectivity index (χ2n) is 3.43. The van der Waals surface area contributed by atoms with Gasteiger partial charge in [-0.2, -0.15) is 0 Å². The van der Waals surface area contributed by atoms with E-state index in [0.717, 1.165) is 0 Å². The molecule has 0 radical (unpaired) electrons. The molecule has 1 N–H and O–H groups in total. The van der Waals surface area contributed by atoms with Gasteiger partial charge in [-0.25, -0.2) is 9.97 Å². The summed E-state index contributed by atoms with van der Waals surface area (Å²) in [6.45, 7) is 2.06. The third-order valence-corrected chi connectivity index (χ3v) is 3.61. The molecule has 17 heavy (non-hydrogen) atoms. The molecule has 1 atom stereocenters. The van der Waals surface area contributed by atoms with E-state index in [9.17, 15) is 0 Å². The van der Waals surface area contributed by atoms with Gasteiger partial charge in [0.2, 0.25) is 0 Å². The van der Waals surface area contributed by atoms with E-state index in [1.165, 1.54) is 11.2 Å². The number of thiophene rings is 1. The Bertz CT molecular complexity index is 489. The van der Waals surface area contributed by atoms with Crippen molar-refractivity contribution >= 4 is 28.8 Å². The largest absolute Gasteiger partial charge is 0.490 e. The van der Waals surface area contributed by atoms with Crippen molar-refractivity contribution in [2.75, 3.05) is 12.4 Å². The highest BCUT2D eigenvalue weighted by Crippen LogP contribution is 2.31. The maximum absolute atomic E-state index is 5.92. The molecule has 0 aliphatic rings. The van der Waals surface area contributed by atoms with Crippen LogP contribution in [-0.4, -0.2) is 17.1 Å². The Labute approximate surface area is 109 Å². The van der Waals surface area contributed by atoms with Crippen LogP contribution in [0, 0.1) is 0 Å². The minimum Gasteiger partial charge on any atom is -0.490 e. The molecule has 0 saturated heterocycles. The molecule has 2 rings (SSSR count). The van der Waals surface area contributed by atoms with E-state index in [0.29, 0.717) is 16.7 Å². The standard InChI is InChI=1S/C11H12ClN3OS/c1-7(8-4-3-5-17-8)15-11-9(16-2)10(12)13-6-14-11/h3-7H,1-2H3,(H,13,14,15). The number of ether oxygens (including phenoxy) is 1. The van der Waals surface area contributed by atoms with Crippen LogP contribution < -0.4 is 10.1 Å². The molecule has 0 amide bonds. The minimum absolute atomic E-state index is 0.148. The Morgan fingerprint density at radius 3 is 2.94 bits per heavy atom. The molecule has 90 valence electrons. The molecular weight excluding hydrogens is 258 g/mol. The number of hydrogen-bond donors (Lipinski definition) is 1. The van der Waals surface area contributed by atoms with E-state index >= 15 is 0 Å². The SMILES string of the molecule is COc1c(Cl)ncnc1NC(C)c1cccs1. The van der Waals surface area contributed by atoms with Gasteiger partial charge in [-0.15, -0.1) is 11.3 Å². The lowest BCUT2D eigenvalue weighted by Crippen LogP contribution is -2.08. The second kappa shape index (κ2) is 5.33. The molecule has 4 nitrogen and oxygen atoms in total. The number of nitrogens with zero attached hydrogens (tertiary/aromatic N) is 2. The van der Waals surface area contributed by atoms with Crippen LogP contribution in [0.4, 0.5) is 5.82 Å². The van der Waals surface area contributed by atoms with Crippen LogP contribution in [0.2, 0.25) is 5.15 Å². The first-order valence-electron chi connectivity index (χ1n) is 5.06. The van der Waals surface area contributed by atoms with Gasteiger partial charge in [-0.1, -0.05) is 17.7 Å². The van der Waals surface area contributed by atoms with E-state index in [4.69, 9.17) is 16.3 Å². The quantitative estimate of drug-likeness (QED) is 0.865. The van der Waals surface area contributed by atoms with Crippen molar-refractivity contribution in [3.8, 4) is 5.75 Å². The normalized spacial score (nSPS) is 12.2. The number of aromatic nitrogens is 2. The Morgan fingerprint density at radius 1 is 1.47 bits per heavy atom. The first-order valence-corrected chi connectivity index (χ1v) is 6.32. The van der Waals surface area contributed by atoms with Crippen LogP contribution in [-0.2, 0) is 0 Å². The predicted molar refractivity (Wildman–Crippen MR) is 70.0 cm³/mol. The van der Waals surface area contributed by atoms with Gasteiger partial charge >= 0.3 is 0 Å². The minimum atomic E-state index is 0.148. The molecule has 0 fully saturated rings. The first kappa shape index (κ1) is 12.1. The number of nitrogens with one attached hydrogen (secondary N) is 1. The molecule has 2 aromatic rings. The fourth-order valence-corrected chi connectivity index (χ4v) is 2.39. The highest BCUT2D eigenvalue weighted by Gasteiger charge is 2.13. The van der Waals surface area contributed by atoms with Gasteiger partial charge in [0.1, 0.15) is 6.33 Å². The number of methoxy groups -OCH3 is 1. The average molecular weight is 270 g/mol. The predicted octanol–water partition coefficient (Wildman–Crippen LogP) is 3.37. The van der Waals surface area contributed by atoms with E-state index in [1.807, 2.05) is 11.4 Å². The smallest absolute Gasteiger partial charge is 0.198 e. The van der Waals surface area contributed by atoms with Crippen molar-refractivity contribution in [3.63, 3.8) is 0 Å². The van der Waals surface area contributed by atoms with Crippen molar-refractivity contribution in [1.82, 2.24) is 9.97 Å². The van der Waals surface area contributed by atoms with Crippen molar-refractivity contribution in [1.29, 1.82) is 0 Å². The second-order valence-corrected chi connectivity index (χ2v) is 4.77. The van der Waals surface area contributed by atoms with Gasteiger partial charge in [0.05, 0.1) is 13.2 Å². The van der Waals surface area contributed by atoms with Crippen LogP contribution in [0.3, 0.4) is 0 Å². The zero-order chi connectivity index (χ0) is 12.3. The summed E-state index contributed by atoms with van der Waals surface area (Å²) < 4.78 is 5.18. The molecule has 0 aromatic carbocycles. The Hall–Kier alpha value is -1.33. The topological polar surface area (TPSA) is 47.0 Å². The van der Waals surface area contributed by atoms with Crippen molar-refractivity contribution < 1.29 is 4.74 Å². The summed E-state index contributed by atoms with van der Waals surface area (Å²) in [7, 11) is 1.55. The maximum atomic E-state index is 5.92. The van der Waals surface area contributed by atoms with Gasteiger partial charge in [0.25, 0.3) is 0 Å². The fraction of sp³-hybridized carbons (Fsp3) is 0.273. The van der Waals surface area contributed by atoms with Crippen molar-refractivity contribution in [2.24, 2.45) is 0 Å². The fourth-order valence-electron chi connectivity index (χ4n) is 1.45. The molecule has 0 aliphatic heterocycles. The van der Waals surface area contributed by atoms with Crippen molar-refractivity contribution in [2.45, 2.75) is 13.0 Å². The third kappa shape index (κ3) is 2.68. The van der Waals surface area contributed by atoms with Crippen LogP contribution in [0.25, 0.3) is 0 Å². The maximum Gasteiger partial charge on any atom is 0.198 e. The lowest BCUT2D eigenvalue weighted by Gasteiger charge is -2.15. The molecule has 2 heterocycles. The van der Waals surface area contributed by atoms with Gasteiger partial charge < -0.3 is 10.1 Å². The molecule has 0 bridgehead atoms. The van der Waals surface area contributed by atoms with Crippen molar-refractivity contribution in [3.05, 3.63) is 33.9 Å². The number of rotatable bonds is 4. The summed E-state index contributed by atoms with van der Waals surface area (Å²) in [6.07, 6.45) is 1.41. The Morgan fingerprint density at radius 2 is 2.29 bits per heavy atom. The molecule has 0 saturated carbocycles. The highest BCUT2D eigenvalue weighted by molar-refractivity contribution is 7.10. The van der Waals surface area contributed by atoms with Crippen LogP contribution in [0.1, 0.15) is 17.8 Å². The highest BCUT2D eigenvalue weighted by atomic mass is 35.5. The van der Waals surface area contributed by atoms with Gasteiger partial charge in [0.15, 0.2) is 16.7 Å². The molecule has 0 spiro atoms. The van der Waals surface area contributed by atoms with E-state index < -0.39 is 0 Å².